The SMILES string of the molecule is CC(C)CN(CC(C)C)c1ncnc(Nc2ccc(Br)cn2)c1[N+](=O)[O-]. The van der Waals surface area contributed by atoms with Crippen molar-refractivity contribution in [3.63, 3.8) is 0 Å². The van der Waals surface area contributed by atoms with E-state index >= 15 is 0 Å². The Morgan fingerprint density at radius 2 is 1.81 bits per heavy atom. The highest BCUT2D eigenvalue weighted by atomic mass is 79.9. The first-order valence-electron chi connectivity index (χ1n) is 8.40. The standard InChI is InChI=1S/C17H23BrN6O2/c1-11(2)8-23(9-12(3)4)17-15(24(25)26)16(20-10-21-17)22-14-6-5-13(18)7-19-14/h5-7,10-12H,8-9H2,1-4H3,(H,19,20,21,22). The van der Waals surface area contributed by atoms with Gasteiger partial charge < -0.3 is 10.2 Å². The van der Waals surface area contributed by atoms with E-state index < -0.39 is 4.92 Å². The van der Waals surface area contributed by atoms with Crippen molar-refractivity contribution in [3.05, 3.63) is 39.2 Å². The van der Waals surface area contributed by atoms with Gasteiger partial charge in [0.05, 0.1) is 4.92 Å². The highest BCUT2D eigenvalue weighted by molar-refractivity contribution is 9.10. The third-order valence-corrected chi connectivity index (χ3v) is 3.90. The molecule has 2 rings (SSSR count). The van der Waals surface area contributed by atoms with Gasteiger partial charge in [-0.15, -0.1) is 0 Å². The van der Waals surface area contributed by atoms with Crippen LogP contribution in [0.4, 0.5) is 23.1 Å². The Hall–Kier alpha value is -2.29. The number of anilines is 3. The van der Waals surface area contributed by atoms with Crippen LogP contribution in [0.15, 0.2) is 29.1 Å². The summed E-state index contributed by atoms with van der Waals surface area (Å²) in [4.78, 5) is 25.8. The predicted octanol–water partition coefficient (Wildman–Crippen LogP) is 4.40. The van der Waals surface area contributed by atoms with Crippen molar-refractivity contribution in [3.8, 4) is 0 Å². The minimum atomic E-state index is -0.440. The van der Waals surface area contributed by atoms with Gasteiger partial charge in [0.15, 0.2) is 0 Å². The maximum Gasteiger partial charge on any atom is 0.353 e. The summed E-state index contributed by atoms with van der Waals surface area (Å²) in [7, 11) is 0. The minimum Gasteiger partial charge on any atom is -0.350 e. The van der Waals surface area contributed by atoms with Crippen molar-refractivity contribution in [2.75, 3.05) is 23.3 Å². The van der Waals surface area contributed by atoms with Gasteiger partial charge in [-0.3, -0.25) is 10.1 Å². The van der Waals surface area contributed by atoms with Gasteiger partial charge in [0, 0.05) is 23.8 Å². The van der Waals surface area contributed by atoms with Crippen LogP contribution in [0.1, 0.15) is 27.7 Å². The van der Waals surface area contributed by atoms with Crippen molar-refractivity contribution in [1.29, 1.82) is 0 Å². The number of aromatic nitrogens is 3. The van der Waals surface area contributed by atoms with Crippen molar-refractivity contribution in [2.45, 2.75) is 27.7 Å². The van der Waals surface area contributed by atoms with E-state index in [4.69, 9.17) is 0 Å². The first kappa shape index (κ1) is 20.0. The molecule has 0 amide bonds. The van der Waals surface area contributed by atoms with Gasteiger partial charge in [-0.2, -0.15) is 0 Å². The molecule has 2 aromatic rings. The normalized spacial score (nSPS) is 11.0. The largest absolute Gasteiger partial charge is 0.353 e. The van der Waals surface area contributed by atoms with Crippen LogP contribution in [0.2, 0.25) is 0 Å². The summed E-state index contributed by atoms with van der Waals surface area (Å²) < 4.78 is 0.820. The Labute approximate surface area is 161 Å². The van der Waals surface area contributed by atoms with E-state index in [9.17, 15) is 10.1 Å². The van der Waals surface area contributed by atoms with Gasteiger partial charge in [0.2, 0.25) is 11.6 Å². The van der Waals surface area contributed by atoms with Crippen LogP contribution in [0, 0.1) is 22.0 Å². The second kappa shape index (κ2) is 8.88. The van der Waals surface area contributed by atoms with Crippen LogP contribution in [0.3, 0.4) is 0 Å². The second-order valence-corrected chi connectivity index (χ2v) is 7.75. The number of nitrogens with zero attached hydrogens (tertiary/aromatic N) is 5. The molecule has 0 fully saturated rings. The molecular formula is C17H23BrN6O2. The summed E-state index contributed by atoms with van der Waals surface area (Å²) >= 11 is 3.31. The quantitative estimate of drug-likeness (QED) is 0.496. The molecule has 0 atom stereocenters. The molecule has 0 aliphatic rings. The fraction of sp³-hybridized carbons (Fsp3) is 0.471. The van der Waals surface area contributed by atoms with Gasteiger partial charge in [0.25, 0.3) is 0 Å². The maximum absolute atomic E-state index is 11.8. The Morgan fingerprint density at radius 1 is 1.15 bits per heavy atom. The highest BCUT2D eigenvalue weighted by Crippen LogP contribution is 2.34. The van der Waals surface area contributed by atoms with Crippen LogP contribution >= 0.6 is 15.9 Å². The monoisotopic (exact) mass is 422 g/mol. The fourth-order valence-electron chi connectivity index (χ4n) is 2.56. The summed E-state index contributed by atoms with van der Waals surface area (Å²) in [5, 5.41) is 14.7. The number of nitrogens with one attached hydrogen (secondary N) is 1. The number of halogens is 1. The van der Waals surface area contributed by atoms with Crippen molar-refractivity contribution < 1.29 is 4.92 Å². The lowest BCUT2D eigenvalue weighted by atomic mass is 10.1. The molecule has 0 aliphatic carbocycles. The Balaban J connectivity index is 2.45. The number of hydrogen-bond acceptors (Lipinski definition) is 7. The molecule has 140 valence electrons. The average Bonchev–Trinajstić information content (AvgIpc) is 2.55. The first-order chi connectivity index (χ1) is 12.3. The molecular weight excluding hydrogens is 400 g/mol. The zero-order valence-electron chi connectivity index (χ0n) is 15.3. The van der Waals surface area contributed by atoms with Crippen LogP contribution in [-0.4, -0.2) is 33.0 Å². The molecule has 9 heteroatoms. The van der Waals surface area contributed by atoms with Crippen molar-refractivity contribution in [2.24, 2.45) is 11.8 Å². The third-order valence-electron chi connectivity index (χ3n) is 3.43. The molecule has 0 saturated heterocycles. The van der Waals surface area contributed by atoms with Gasteiger partial charge >= 0.3 is 5.69 Å². The van der Waals surface area contributed by atoms with Gasteiger partial charge in [0.1, 0.15) is 12.1 Å². The molecule has 0 unspecified atom stereocenters. The zero-order valence-corrected chi connectivity index (χ0v) is 16.9. The van der Waals surface area contributed by atoms with Crippen molar-refractivity contribution >= 4 is 39.1 Å². The Morgan fingerprint density at radius 3 is 2.31 bits per heavy atom. The third kappa shape index (κ3) is 5.35. The molecule has 0 radical (unpaired) electrons. The van der Waals surface area contributed by atoms with E-state index in [0.29, 0.717) is 36.6 Å². The highest BCUT2D eigenvalue weighted by Gasteiger charge is 2.28. The predicted molar refractivity (Wildman–Crippen MR) is 106 cm³/mol. The second-order valence-electron chi connectivity index (χ2n) is 6.83. The van der Waals surface area contributed by atoms with E-state index in [1.807, 2.05) is 4.90 Å². The Kier molecular flexibility index (Phi) is 6.84. The summed E-state index contributed by atoms with van der Waals surface area (Å²) in [5.74, 6) is 1.61. The minimum absolute atomic E-state index is 0.132. The van der Waals surface area contributed by atoms with Crippen molar-refractivity contribution in [1.82, 2.24) is 15.0 Å². The van der Waals surface area contributed by atoms with E-state index in [0.717, 1.165) is 4.47 Å². The average molecular weight is 423 g/mol. The molecule has 0 aliphatic heterocycles. The lowest BCUT2D eigenvalue weighted by Gasteiger charge is -2.27. The molecule has 26 heavy (non-hydrogen) atoms. The molecule has 2 aromatic heterocycles. The van der Waals surface area contributed by atoms with E-state index in [2.05, 4.69) is 63.9 Å². The zero-order chi connectivity index (χ0) is 19.3. The molecule has 0 bridgehead atoms. The summed E-state index contributed by atoms with van der Waals surface area (Å²) in [6.45, 7) is 9.64. The van der Waals surface area contributed by atoms with E-state index in [-0.39, 0.29) is 11.5 Å². The summed E-state index contributed by atoms with van der Waals surface area (Å²) in [6, 6.07) is 3.52. The van der Waals surface area contributed by atoms with Crippen LogP contribution in [0.5, 0.6) is 0 Å². The molecule has 8 nitrogen and oxygen atoms in total. The van der Waals surface area contributed by atoms with Gasteiger partial charge in [-0.05, 0) is 39.9 Å². The summed E-state index contributed by atoms with van der Waals surface area (Å²) in [5.41, 5.74) is -0.140. The van der Waals surface area contributed by atoms with Gasteiger partial charge in [-0.1, -0.05) is 27.7 Å². The maximum atomic E-state index is 11.8. The Bertz CT molecular complexity index is 741. The number of pyridine rings is 1. The molecule has 0 aromatic carbocycles. The van der Waals surface area contributed by atoms with E-state index in [1.165, 1.54) is 6.33 Å². The lowest BCUT2D eigenvalue weighted by molar-refractivity contribution is -0.383. The summed E-state index contributed by atoms with van der Waals surface area (Å²) in [6.07, 6.45) is 2.96. The molecule has 0 spiro atoms. The number of nitro groups is 1. The first-order valence-corrected chi connectivity index (χ1v) is 9.20. The number of hydrogen-bond donors (Lipinski definition) is 1. The molecule has 2 heterocycles. The lowest BCUT2D eigenvalue weighted by Crippen LogP contribution is -2.32. The fourth-order valence-corrected chi connectivity index (χ4v) is 2.80. The van der Waals surface area contributed by atoms with E-state index in [1.54, 1.807) is 18.3 Å². The smallest absolute Gasteiger partial charge is 0.350 e. The number of rotatable bonds is 8. The molecule has 1 N–H and O–H groups in total. The molecule has 0 saturated carbocycles. The topological polar surface area (TPSA) is 97.1 Å². The van der Waals surface area contributed by atoms with Crippen LogP contribution in [-0.2, 0) is 0 Å². The van der Waals surface area contributed by atoms with Gasteiger partial charge in [-0.25, -0.2) is 15.0 Å². The van der Waals surface area contributed by atoms with Crippen LogP contribution < -0.4 is 10.2 Å². The van der Waals surface area contributed by atoms with Crippen LogP contribution in [0.25, 0.3) is 0 Å².